The molecular weight excluding hydrogens is 367 g/mol. The van der Waals surface area contributed by atoms with Crippen molar-refractivity contribution < 1.29 is 9.13 Å². The van der Waals surface area contributed by atoms with Crippen molar-refractivity contribution in [2.45, 2.75) is 26.8 Å². The van der Waals surface area contributed by atoms with Gasteiger partial charge < -0.3 is 9.64 Å². The average molecular weight is 385 g/mol. The lowest BCUT2D eigenvalue weighted by Crippen LogP contribution is -2.32. The number of anilines is 1. The number of ether oxygens (including phenoxy) is 1. The van der Waals surface area contributed by atoms with E-state index in [9.17, 15) is 4.39 Å². The zero-order chi connectivity index (χ0) is 19.0. The molecule has 138 valence electrons. The van der Waals surface area contributed by atoms with Crippen molar-refractivity contribution in [1.29, 1.82) is 0 Å². The summed E-state index contributed by atoms with van der Waals surface area (Å²) in [5, 5.41) is 0.470. The molecule has 2 aromatic heterocycles. The molecule has 27 heavy (non-hydrogen) atoms. The Morgan fingerprint density at radius 2 is 2.00 bits per heavy atom. The first-order valence-corrected chi connectivity index (χ1v) is 9.05. The average Bonchev–Trinajstić information content (AvgIpc) is 2.66. The number of halogens is 2. The Labute approximate surface area is 161 Å². The maximum Gasteiger partial charge on any atom is 0.165 e. The van der Waals surface area contributed by atoms with Crippen molar-refractivity contribution >= 4 is 17.4 Å². The first-order valence-electron chi connectivity index (χ1n) is 8.67. The molecule has 0 unspecified atom stereocenters. The second-order valence-electron chi connectivity index (χ2n) is 6.49. The van der Waals surface area contributed by atoms with Gasteiger partial charge in [-0.05, 0) is 37.6 Å². The zero-order valence-corrected chi connectivity index (χ0v) is 15.8. The van der Waals surface area contributed by atoms with Crippen LogP contribution in [0.1, 0.15) is 22.6 Å². The molecule has 0 atom stereocenters. The molecule has 0 saturated heterocycles. The van der Waals surface area contributed by atoms with Crippen molar-refractivity contribution in [2.75, 3.05) is 11.4 Å². The Hall–Kier alpha value is -2.73. The summed E-state index contributed by atoms with van der Waals surface area (Å²) < 4.78 is 19.5. The molecule has 0 fully saturated rings. The molecule has 0 aliphatic carbocycles. The van der Waals surface area contributed by atoms with E-state index in [-0.39, 0.29) is 5.75 Å². The number of benzene rings is 1. The lowest BCUT2D eigenvalue weighted by Gasteiger charge is -2.30. The van der Waals surface area contributed by atoms with Gasteiger partial charge in [0.2, 0.25) is 0 Å². The van der Waals surface area contributed by atoms with Crippen LogP contribution in [-0.4, -0.2) is 21.5 Å². The second-order valence-corrected chi connectivity index (χ2v) is 6.85. The van der Waals surface area contributed by atoms with E-state index in [4.69, 9.17) is 16.3 Å². The highest BCUT2D eigenvalue weighted by atomic mass is 35.5. The molecule has 0 spiro atoms. The summed E-state index contributed by atoms with van der Waals surface area (Å²) in [5.74, 6) is 1.76. The molecule has 0 bridgehead atoms. The van der Waals surface area contributed by atoms with Gasteiger partial charge in [0, 0.05) is 30.8 Å². The third-order valence-corrected chi connectivity index (χ3v) is 4.92. The van der Waals surface area contributed by atoms with Crippen molar-refractivity contribution in [2.24, 2.45) is 0 Å². The van der Waals surface area contributed by atoms with Gasteiger partial charge in [0.1, 0.15) is 22.5 Å². The lowest BCUT2D eigenvalue weighted by atomic mass is 10.1. The topological polar surface area (TPSA) is 51.1 Å². The van der Waals surface area contributed by atoms with Crippen LogP contribution in [0.25, 0.3) is 0 Å². The lowest BCUT2D eigenvalue weighted by molar-refractivity contribution is 0.439. The fourth-order valence-corrected chi connectivity index (χ4v) is 3.39. The molecular formula is C20H18ClFN4O. The van der Waals surface area contributed by atoms with E-state index in [1.807, 2.05) is 19.9 Å². The van der Waals surface area contributed by atoms with Crippen molar-refractivity contribution in [3.63, 3.8) is 0 Å². The van der Waals surface area contributed by atoms with Gasteiger partial charge in [-0.2, -0.15) is 0 Å². The second kappa shape index (κ2) is 7.12. The molecule has 3 aromatic rings. The van der Waals surface area contributed by atoms with Crippen LogP contribution in [0.5, 0.6) is 11.5 Å². The number of aryl methyl sites for hydroxylation is 1. The number of para-hydroxylation sites is 1. The van der Waals surface area contributed by atoms with E-state index in [1.165, 1.54) is 6.07 Å². The van der Waals surface area contributed by atoms with E-state index in [2.05, 4.69) is 19.9 Å². The zero-order valence-electron chi connectivity index (χ0n) is 15.0. The fraction of sp³-hybridized carbons (Fsp3) is 0.250. The van der Waals surface area contributed by atoms with Crippen LogP contribution < -0.4 is 9.64 Å². The summed E-state index contributed by atoms with van der Waals surface area (Å²) in [6.07, 6.45) is 2.42. The van der Waals surface area contributed by atoms with E-state index >= 15 is 0 Å². The Kier molecular flexibility index (Phi) is 4.66. The van der Waals surface area contributed by atoms with Gasteiger partial charge >= 0.3 is 0 Å². The summed E-state index contributed by atoms with van der Waals surface area (Å²) in [4.78, 5) is 15.4. The number of rotatable bonds is 3. The first kappa shape index (κ1) is 17.7. The van der Waals surface area contributed by atoms with Gasteiger partial charge in [-0.15, -0.1) is 0 Å². The molecule has 0 N–H and O–H groups in total. The third-order valence-electron chi connectivity index (χ3n) is 4.55. The Balaban J connectivity index is 1.62. The van der Waals surface area contributed by atoms with Crippen LogP contribution in [0, 0.1) is 19.7 Å². The van der Waals surface area contributed by atoms with Gasteiger partial charge in [-0.3, -0.25) is 4.98 Å². The van der Waals surface area contributed by atoms with Crippen LogP contribution in [0.4, 0.5) is 10.2 Å². The maximum atomic E-state index is 13.8. The van der Waals surface area contributed by atoms with E-state index in [1.54, 1.807) is 24.4 Å². The number of aromatic nitrogens is 3. The number of hydrogen-bond donors (Lipinski definition) is 0. The molecule has 1 aromatic carbocycles. The van der Waals surface area contributed by atoms with E-state index < -0.39 is 5.82 Å². The Bertz CT molecular complexity index is 1010. The Morgan fingerprint density at radius 1 is 1.19 bits per heavy atom. The highest BCUT2D eigenvalue weighted by Crippen LogP contribution is 2.30. The summed E-state index contributed by atoms with van der Waals surface area (Å²) >= 11 is 6.22. The van der Waals surface area contributed by atoms with Crippen LogP contribution in [0.15, 0.2) is 36.5 Å². The molecule has 0 saturated carbocycles. The molecule has 1 aliphatic heterocycles. The minimum atomic E-state index is -0.404. The predicted octanol–water partition coefficient (Wildman–Crippen LogP) is 4.64. The number of pyridine rings is 1. The monoisotopic (exact) mass is 384 g/mol. The van der Waals surface area contributed by atoms with Crippen molar-refractivity contribution in [3.05, 3.63) is 70.1 Å². The largest absolute Gasteiger partial charge is 0.453 e. The minimum absolute atomic E-state index is 0.181. The van der Waals surface area contributed by atoms with Crippen LogP contribution >= 0.6 is 11.6 Å². The van der Waals surface area contributed by atoms with Crippen molar-refractivity contribution in [1.82, 2.24) is 15.0 Å². The standard InChI is InChI=1S/C20H18ClFN4O/c1-12-19(21)24-13(2)25-20(12)26-8-7-17-14(11-26)9-15(10-23-17)27-18-6-4-3-5-16(18)22/h3-6,9-10H,7-8,11H2,1-2H3. The third kappa shape index (κ3) is 3.57. The minimum Gasteiger partial charge on any atom is -0.453 e. The number of fused-ring (bicyclic) bond motifs is 1. The summed E-state index contributed by atoms with van der Waals surface area (Å²) in [5.41, 5.74) is 2.90. The van der Waals surface area contributed by atoms with Crippen LogP contribution in [-0.2, 0) is 13.0 Å². The molecule has 0 radical (unpaired) electrons. The maximum absolute atomic E-state index is 13.8. The van der Waals surface area contributed by atoms with Gasteiger partial charge in [-0.25, -0.2) is 14.4 Å². The number of hydrogen-bond acceptors (Lipinski definition) is 5. The normalized spacial score (nSPS) is 13.4. The van der Waals surface area contributed by atoms with E-state index in [0.29, 0.717) is 23.3 Å². The summed E-state index contributed by atoms with van der Waals surface area (Å²) in [6.45, 7) is 5.17. The molecule has 7 heteroatoms. The molecule has 1 aliphatic rings. The molecule has 4 rings (SSSR count). The summed E-state index contributed by atoms with van der Waals surface area (Å²) in [6, 6.07) is 8.23. The first-order chi connectivity index (χ1) is 13.0. The highest BCUT2D eigenvalue weighted by molar-refractivity contribution is 6.30. The highest BCUT2D eigenvalue weighted by Gasteiger charge is 2.22. The molecule has 3 heterocycles. The SMILES string of the molecule is Cc1nc(Cl)c(C)c(N2CCc3ncc(Oc4ccccc4F)cc3C2)n1. The quantitative estimate of drug-likeness (QED) is 0.616. The van der Waals surface area contributed by atoms with Gasteiger partial charge in [-0.1, -0.05) is 23.7 Å². The smallest absolute Gasteiger partial charge is 0.165 e. The predicted molar refractivity (Wildman–Crippen MR) is 102 cm³/mol. The van der Waals surface area contributed by atoms with Gasteiger partial charge in [0.25, 0.3) is 0 Å². The van der Waals surface area contributed by atoms with Crippen molar-refractivity contribution in [3.8, 4) is 11.5 Å². The molecule has 0 amide bonds. The van der Waals surface area contributed by atoms with Gasteiger partial charge in [0.15, 0.2) is 11.6 Å². The fourth-order valence-electron chi connectivity index (χ4n) is 3.18. The van der Waals surface area contributed by atoms with E-state index in [0.717, 1.165) is 35.6 Å². The van der Waals surface area contributed by atoms with Crippen LogP contribution in [0.2, 0.25) is 5.15 Å². The van der Waals surface area contributed by atoms with Gasteiger partial charge in [0.05, 0.1) is 6.20 Å². The molecule has 5 nitrogen and oxygen atoms in total. The summed E-state index contributed by atoms with van der Waals surface area (Å²) in [7, 11) is 0. The van der Waals surface area contributed by atoms with Crippen LogP contribution in [0.3, 0.4) is 0 Å². The Morgan fingerprint density at radius 3 is 2.81 bits per heavy atom. The number of nitrogens with zero attached hydrogens (tertiary/aromatic N) is 4.